The van der Waals surface area contributed by atoms with E-state index in [2.05, 4.69) is 53.7 Å². The fourth-order valence-electron chi connectivity index (χ4n) is 4.83. The fourth-order valence-corrected chi connectivity index (χ4v) is 5.72. The summed E-state index contributed by atoms with van der Waals surface area (Å²) in [5, 5.41) is 12.6. The normalized spacial score (nSPS) is 16.5. The number of carbonyl (C=O) groups excluding carboxylic acids is 1. The van der Waals surface area contributed by atoms with E-state index < -0.39 is 0 Å². The summed E-state index contributed by atoms with van der Waals surface area (Å²) in [6.45, 7) is 4.88. The lowest BCUT2D eigenvalue weighted by atomic mass is 10.0. The first-order chi connectivity index (χ1) is 17.5. The number of amides is 1. The standard InChI is InChI=1S/C30H24N4OS/c1-19-13-14-26-24(15-19)23(20(2)33(26)17-21-9-5-3-6-10-21)16-25-28(31)34-27(22-11-7-4-8-12-22)18-36-30(34)32-29(25)35/h3-16,18,31H,17H2,1-2H3. The van der Waals surface area contributed by atoms with Gasteiger partial charge in [-0.1, -0.05) is 84.1 Å². The Hall–Kier alpha value is -4.16. The van der Waals surface area contributed by atoms with Gasteiger partial charge in [-0.25, -0.2) is 0 Å². The molecule has 0 atom stereocenters. The molecule has 3 heterocycles. The molecule has 176 valence electrons. The molecule has 0 bridgehead atoms. The number of fused-ring (bicyclic) bond motifs is 2. The molecule has 36 heavy (non-hydrogen) atoms. The molecule has 5 nitrogen and oxygen atoms in total. The zero-order valence-electron chi connectivity index (χ0n) is 20.0. The molecule has 0 unspecified atom stereocenters. The van der Waals surface area contributed by atoms with Crippen molar-refractivity contribution in [2.75, 3.05) is 0 Å². The molecule has 0 radical (unpaired) electrons. The van der Waals surface area contributed by atoms with Gasteiger partial charge in [0.2, 0.25) is 0 Å². The molecule has 1 N–H and O–H groups in total. The second-order valence-electron chi connectivity index (χ2n) is 9.02. The second kappa shape index (κ2) is 8.81. The van der Waals surface area contributed by atoms with Crippen molar-refractivity contribution in [1.29, 1.82) is 5.41 Å². The van der Waals surface area contributed by atoms with Crippen LogP contribution in [0, 0.1) is 19.3 Å². The van der Waals surface area contributed by atoms with Gasteiger partial charge in [-0.15, -0.1) is 0 Å². The van der Waals surface area contributed by atoms with Crippen molar-refractivity contribution in [3.05, 3.63) is 118 Å². The molecule has 3 aromatic carbocycles. The summed E-state index contributed by atoms with van der Waals surface area (Å²) in [5.74, 6) is -0.224. The fraction of sp³-hybridized carbons (Fsp3) is 0.100. The van der Waals surface area contributed by atoms with Gasteiger partial charge in [0.05, 0.1) is 11.3 Å². The van der Waals surface area contributed by atoms with Gasteiger partial charge in [0, 0.05) is 34.1 Å². The number of hydrogen-bond donors (Lipinski definition) is 1. The molecule has 2 aliphatic rings. The molecular formula is C30H24N4OS. The van der Waals surface area contributed by atoms with Gasteiger partial charge in [0.25, 0.3) is 5.91 Å². The Labute approximate surface area is 214 Å². The maximum absolute atomic E-state index is 13.1. The summed E-state index contributed by atoms with van der Waals surface area (Å²) in [7, 11) is 0. The predicted molar refractivity (Wildman–Crippen MR) is 149 cm³/mol. The van der Waals surface area contributed by atoms with Crippen LogP contribution in [0.1, 0.15) is 27.9 Å². The van der Waals surface area contributed by atoms with Gasteiger partial charge >= 0.3 is 0 Å². The average Bonchev–Trinajstić information content (AvgIpc) is 3.42. The Bertz CT molecular complexity index is 1630. The number of thioether (sulfide) groups is 1. The summed E-state index contributed by atoms with van der Waals surface area (Å²) < 4.78 is 2.28. The Morgan fingerprint density at radius 1 is 0.972 bits per heavy atom. The molecule has 0 saturated heterocycles. The third-order valence-corrected chi connectivity index (χ3v) is 7.51. The smallest absolute Gasteiger partial charge is 0.283 e. The van der Waals surface area contributed by atoms with Gasteiger partial charge in [-0.05, 0) is 43.2 Å². The number of nitrogens with one attached hydrogen (secondary N) is 1. The van der Waals surface area contributed by atoms with E-state index >= 15 is 0 Å². The van der Waals surface area contributed by atoms with Crippen molar-refractivity contribution in [3.63, 3.8) is 0 Å². The summed E-state index contributed by atoms with van der Waals surface area (Å²) >= 11 is 1.38. The van der Waals surface area contributed by atoms with Crippen molar-refractivity contribution in [2.45, 2.75) is 20.4 Å². The van der Waals surface area contributed by atoms with Crippen LogP contribution in [0.3, 0.4) is 0 Å². The molecule has 0 saturated carbocycles. The Kier molecular flexibility index (Phi) is 5.46. The minimum Gasteiger partial charge on any atom is -0.340 e. The third kappa shape index (κ3) is 3.71. The topological polar surface area (TPSA) is 61.5 Å². The molecule has 1 amide bonds. The van der Waals surface area contributed by atoms with E-state index in [1.807, 2.05) is 60.0 Å². The SMILES string of the molecule is Cc1ccc2c(c1)c(C=C1C(=N)N3C(c4ccccc4)=CSC3=NC1=O)c(C)n2Cc1ccccc1. The van der Waals surface area contributed by atoms with Crippen LogP contribution in [0.5, 0.6) is 0 Å². The zero-order chi connectivity index (χ0) is 24.8. The number of nitrogens with zero attached hydrogens (tertiary/aromatic N) is 3. The molecule has 6 rings (SSSR count). The predicted octanol–water partition coefficient (Wildman–Crippen LogP) is 6.61. The number of carbonyl (C=O) groups is 1. The van der Waals surface area contributed by atoms with Crippen molar-refractivity contribution < 1.29 is 4.79 Å². The highest BCUT2D eigenvalue weighted by molar-refractivity contribution is 8.17. The average molecular weight is 489 g/mol. The van der Waals surface area contributed by atoms with Crippen LogP contribution in [0.2, 0.25) is 0 Å². The number of hydrogen-bond acceptors (Lipinski definition) is 3. The molecular weight excluding hydrogens is 464 g/mol. The highest BCUT2D eigenvalue weighted by Gasteiger charge is 2.36. The Morgan fingerprint density at radius 2 is 1.69 bits per heavy atom. The molecule has 0 fully saturated rings. The van der Waals surface area contributed by atoms with Crippen LogP contribution in [-0.4, -0.2) is 26.4 Å². The van der Waals surface area contributed by atoms with Crippen LogP contribution >= 0.6 is 11.8 Å². The molecule has 4 aromatic rings. The van der Waals surface area contributed by atoms with Crippen LogP contribution in [0.4, 0.5) is 0 Å². The molecule has 0 spiro atoms. The van der Waals surface area contributed by atoms with Crippen molar-refractivity contribution in [1.82, 2.24) is 9.47 Å². The Morgan fingerprint density at radius 3 is 2.44 bits per heavy atom. The van der Waals surface area contributed by atoms with Crippen LogP contribution < -0.4 is 0 Å². The van der Waals surface area contributed by atoms with Gasteiger partial charge < -0.3 is 4.57 Å². The number of aromatic nitrogens is 1. The minimum absolute atomic E-state index is 0.154. The third-order valence-electron chi connectivity index (χ3n) is 6.68. The van der Waals surface area contributed by atoms with E-state index in [-0.39, 0.29) is 11.7 Å². The first kappa shape index (κ1) is 22.3. The quantitative estimate of drug-likeness (QED) is 0.329. The summed E-state index contributed by atoms with van der Waals surface area (Å²) in [6.07, 6.45) is 1.86. The molecule has 1 aromatic heterocycles. The van der Waals surface area contributed by atoms with Crippen LogP contribution in [0.15, 0.2) is 94.8 Å². The lowest BCUT2D eigenvalue weighted by Gasteiger charge is -2.27. The Balaban J connectivity index is 1.47. The van der Waals surface area contributed by atoms with E-state index in [0.29, 0.717) is 10.7 Å². The molecule has 0 aliphatic carbocycles. The summed E-state index contributed by atoms with van der Waals surface area (Å²) in [6, 6.07) is 26.7. The minimum atomic E-state index is -0.377. The van der Waals surface area contributed by atoms with Crippen molar-refractivity contribution in [2.24, 2.45) is 4.99 Å². The van der Waals surface area contributed by atoms with Crippen molar-refractivity contribution >= 4 is 51.3 Å². The van der Waals surface area contributed by atoms with E-state index in [9.17, 15) is 4.79 Å². The van der Waals surface area contributed by atoms with Gasteiger partial charge in [0.1, 0.15) is 5.84 Å². The maximum atomic E-state index is 13.1. The van der Waals surface area contributed by atoms with E-state index in [1.54, 1.807) is 4.90 Å². The van der Waals surface area contributed by atoms with Gasteiger partial charge in [-0.2, -0.15) is 4.99 Å². The molecule has 6 heteroatoms. The number of aliphatic imine (C=N–C) groups is 1. The van der Waals surface area contributed by atoms with E-state index in [4.69, 9.17) is 5.41 Å². The van der Waals surface area contributed by atoms with E-state index in [1.165, 1.54) is 17.3 Å². The lowest BCUT2D eigenvalue weighted by molar-refractivity contribution is -0.114. The van der Waals surface area contributed by atoms with Gasteiger partial charge in [0.15, 0.2) is 5.17 Å². The van der Waals surface area contributed by atoms with Crippen molar-refractivity contribution in [3.8, 4) is 0 Å². The number of rotatable bonds is 4. The summed E-state index contributed by atoms with van der Waals surface area (Å²) in [4.78, 5) is 19.3. The molecule has 2 aliphatic heterocycles. The first-order valence-electron chi connectivity index (χ1n) is 11.8. The summed E-state index contributed by atoms with van der Waals surface area (Å²) in [5.41, 5.74) is 7.61. The van der Waals surface area contributed by atoms with Crippen LogP contribution in [0.25, 0.3) is 22.7 Å². The maximum Gasteiger partial charge on any atom is 0.283 e. The number of amidine groups is 2. The van der Waals surface area contributed by atoms with Gasteiger partial charge in [-0.3, -0.25) is 15.1 Å². The number of aryl methyl sites for hydroxylation is 1. The second-order valence-corrected chi connectivity index (χ2v) is 9.86. The highest BCUT2D eigenvalue weighted by Crippen LogP contribution is 2.38. The first-order valence-corrected chi connectivity index (χ1v) is 12.7. The lowest BCUT2D eigenvalue weighted by Crippen LogP contribution is -2.38. The number of benzene rings is 3. The largest absolute Gasteiger partial charge is 0.340 e. The highest BCUT2D eigenvalue weighted by atomic mass is 32.2. The van der Waals surface area contributed by atoms with Crippen LogP contribution in [-0.2, 0) is 11.3 Å². The monoisotopic (exact) mass is 488 g/mol. The van der Waals surface area contributed by atoms with E-state index in [0.717, 1.165) is 45.5 Å². The zero-order valence-corrected chi connectivity index (χ0v) is 20.8.